The first kappa shape index (κ1) is 39.1. The fraction of sp³-hybridized carbons (Fsp3) is 0.333. The highest BCUT2D eigenvalue weighted by molar-refractivity contribution is 6.07. The first-order chi connectivity index (χ1) is 28.6. The number of aryl methyl sites for hydroxylation is 2. The lowest BCUT2D eigenvalue weighted by Crippen LogP contribution is -2.52. The van der Waals surface area contributed by atoms with Crippen LogP contribution in [0.15, 0.2) is 77.4 Å². The summed E-state index contributed by atoms with van der Waals surface area (Å²) < 4.78 is 18.4. The van der Waals surface area contributed by atoms with E-state index < -0.39 is 17.9 Å². The van der Waals surface area contributed by atoms with Crippen molar-refractivity contribution in [3.05, 3.63) is 112 Å². The largest absolute Gasteiger partial charge is 0.377 e. The maximum absolute atomic E-state index is 14.0. The van der Waals surface area contributed by atoms with E-state index in [0.717, 1.165) is 39.4 Å². The van der Waals surface area contributed by atoms with Gasteiger partial charge in [0.2, 0.25) is 17.7 Å². The number of aromatic nitrogens is 4. The number of piperidine rings is 1. The molecule has 0 saturated carbocycles. The average Bonchev–Trinajstić information content (AvgIpc) is 3.93. The standard InChI is InChI=1S/C42H43N9O8/c1-25-38(26(2)59-46-25)28-12-13-34-31(20-28)39(27-8-5-4-6-9-27)51(42(56)48(34)3)22-29-21-49(47-45-29)16-17-57-18-19-58-24-37(53)43-33-11-7-10-30-32(33)23-50(41(30)55)35-14-15-36(52)44-40(35)54/h4-13,20-21,35,39H,14-19,22-24H2,1-3H3,(H,43,53)(H,44,52,54). The minimum atomic E-state index is -0.749. The molecule has 304 valence electrons. The van der Waals surface area contributed by atoms with Crippen LogP contribution in [0.2, 0.25) is 0 Å². The molecule has 17 heteroatoms. The van der Waals surface area contributed by atoms with Crippen molar-refractivity contribution >= 4 is 41.0 Å². The van der Waals surface area contributed by atoms with Gasteiger partial charge < -0.3 is 29.1 Å². The maximum atomic E-state index is 14.0. The Labute approximate surface area is 339 Å². The Morgan fingerprint density at radius 1 is 0.983 bits per heavy atom. The van der Waals surface area contributed by atoms with Crippen molar-refractivity contribution < 1.29 is 38.0 Å². The summed E-state index contributed by atoms with van der Waals surface area (Å²) in [4.78, 5) is 68.7. The van der Waals surface area contributed by atoms with E-state index in [9.17, 15) is 24.0 Å². The SMILES string of the molecule is Cc1noc(C)c1-c1ccc2c(c1)C(c1ccccc1)N(Cc1cn(CCOCCOCC(=O)Nc3cccc4c3CN(C3CCC(=O)NC3=O)C4=O)nn1)C(=O)N2C. The summed E-state index contributed by atoms with van der Waals surface area (Å²) in [5, 5.41) is 17.9. The maximum Gasteiger partial charge on any atom is 0.325 e. The number of hydrogen-bond donors (Lipinski definition) is 2. The third-order valence-electron chi connectivity index (χ3n) is 10.8. The lowest BCUT2D eigenvalue weighted by atomic mass is 9.90. The number of fused-ring (bicyclic) bond motifs is 2. The van der Waals surface area contributed by atoms with Crippen molar-refractivity contribution in [1.29, 1.82) is 0 Å². The van der Waals surface area contributed by atoms with E-state index in [1.807, 2.05) is 56.3 Å². The van der Waals surface area contributed by atoms with Crippen LogP contribution < -0.4 is 15.5 Å². The lowest BCUT2D eigenvalue weighted by molar-refractivity contribution is -0.137. The van der Waals surface area contributed by atoms with E-state index in [-0.39, 0.29) is 69.6 Å². The van der Waals surface area contributed by atoms with E-state index >= 15 is 0 Å². The van der Waals surface area contributed by atoms with Crippen LogP contribution in [0.1, 0.15) is 63.1 Å². The molecule has 59 heavy (non-hydrogen) atoms. The number of hydrogen-bond acceptors (Lipinski definition) is 11. The van der Waals surface area contributed by atoms with Gasteiger partial charge in [0, 0.05) is 48.0 Å². The number of amides is 6. The van der Waals surface area contributed by atoms with Crippen LogP contribution >= 0.6 is 0 Å². The second-order valence-electron chi connectivity index (χ2n) is 14.7. The summed E-state index contributed by atoms with van der Waals surface area (Å²) in [6.45, 7) is 5.03. The monoisotopic (exact) mass is 801 g/mol. The van der Waals surface area contributed by atoms with Crippen molar-refractivity contribution in [2.24, 2.45) is 0 Å². The summed E-state index contributed by atoms with van der Waals surface area (Å²) in [5.74, 6) is -0.856. The van der Waals surface area contributed by atoms with Crippen LogP contribution in [0, 0.1) is 13.8 Å². The van der Waals surface area contributed by atoms with Crippen LogP contribution in [0.3, 0.4) is 0 Å². The number of urea groups is 1. The van der Waals surface area contributed by atoms with E-state index in [4.69, 9.17) is 14.0 Å². The van der Waals surface area contributed by atoms with Gasteiger partial charge in [-0.1, -0.05) is 52.8 Å². The van der Waals surface area contributed by atoms with Crippen molar-refractivity contribution in [3.63, 3.8) is 0 Å². The number of imide groups is 1. The van der Waals surface area contributed by atoms with Gasteiger partial charge in [0.25, 0.3) is 5.91 Å². The molecule has 1 fully saturated rings. The molecule has 0 spiro atoms. The molecule has 5 aromatic rings. The number of benzene rings is 3. The smallest absolute Gasteiger partial charge is 0.325 e. The number of carbonyl (C=O) groups excluding carboxylic acids is 5. The van der Waals surface area contributed by atoms with E-state index in [0.29, 0.717) is 35.7 Å². The molecule has 2 atom stereocenters. The first-order valence-electron chi connectivity index (χ1n) is 19.3. The zero-order chi connectivity index (χ0) is 41.2. The number of anilines is 2. The number of ether oxygens (including phenoxy) is 2. The summed E-state index contributed by atoms with van der Waals surface area (Å²) in [6, 6.07) is 19.7. The van der Waals surface area contributed by atoms with Crippen LogP contribution in [0.25, 0.3) is 11.1 Å². The predicted molar refractivity (Wildman–Crippen MR) is 212 cm³/mol. The Bertz CT molecular complexity index is 2410. The van der Waals surface area contributed by atoms with Gasteiger partial charge in [-0.2, -0.15) is 0 Å². The molecule has 3 aromatic carbocycles. The van der Waals surface area contributed by atoms with Gasteiger partial charge in [0.1, 0.15) is 24.1 Å². The van der Waals surface area contributed by atoms with Crippen molar-refractivity contribution in [2.75, 3.05) is 43.7 Å². The number of rotatable bonds is 14. The highest BCUT2D eigenvalue weighted by Crippen LogP contribution is 2.43. The summed E-state index contributed by atoms with van der Waals surface area (Å²) in [6.07, 6.45) is 2.20. The molecule has 2 aromatic heterocycles. The third-order valence-corrected chi connectivity index (χ3v) is 10.8. The van der Waals surface area contributed by atoms with Gasteiger partial charge >= 0.3 is 6.03 Å². The van der Waals surface area contributed by atoms with Gasteiger partial charge in [-0.3, -0.25) is 29.4 Å². The molecule has 0 radical (unpaired) electrons. The molecule has 5 heterocycles. The third kappa shape index (κ3) is 7.93. The quantitative estimate of drug-likeness (QED) is 0.121. The predicted octanol–water partition coefficient (Wildman–Crippen LogP) is 4.14. The van der Waals surface area contributed by atoms with Gasteiger partial charge in [0.15, 0.2) is 0 Å². The fourth-order valence-corrected chi connectivity index (χ4v) is 7.98. The van der Waals surface area contributed by atoms with Crippen molar-refractivity contribution in [1.82, 2.24) is 35.3 Å². The van der Waals surface area contributed by atoms with Crippen LogP contribution in [-0.4, -0.2) is 99.1 Å². The van der Waals surface area contributed by atoms with Gasteiger partial charge in [-0.15, -0.1) is 5.10 Å². The highest BCUT2D eigenvalue weighted by Gasteiger charge is 2.40. The molecule has 2 unspecified atom stereocenters. The van der Waals surface area contributed by atoms with Crippen LogP contribution in [-0.2, 0) is 43.5 Å². The molecule has 17 nitrogen and oxygen atoms in total. The summed E-state index contributed by atoms with van der Waals surface area (Å²) in [7, 11) is 1.77. The second kappa shape index (κ2) is 16.6. The van der Waals surface area contributed by atoms with Gasteiger partial charge in [0.05, 0.1) is 56.5 Å². The van der Waals surface area contributed by atoms with Crippen molar-refractivity contribution in [2.45, 2.75) is 58.4 Å². The van der Waals surface area contributed by atoms with Crippen LogP contribution in [0.5, 0.6) is 0 Å². The van der Waals surface area contributed by atoms with Gasteiger partial charge in [-0.05, 0) is 55.7 Å². The average molecular weight is 802 g/mol. The van der Waals surface area contributed by atoms with Crippen molar-refractivity contribution in [3.8, 4) is 11.1 Å². The minimum absolute atomic E-state index is 0.140. The first-order valence-corrected chi connectivity index (χ1v) is 19.3. The van der Waals surface area contributed by atoms with Gasteiger partial charge in [-0.25, -0.2) is 9.48 Å². The lowest BCUT2D eigenvalue weighted by Gasteiger charge is -2.41. The Morgan fingerprint density at radius 2 is 1.80 bits per heavy atom. The van der Waals surface area contributed by atoms with Crippen LogP contribution in [0.4, 0.5) is 16.2 Å². The summed E-state index contributed by atoms with van der Waals surface area (Å²) in [5.41, 5.74) is 7.51. The number of nitrogens with zero attached hydrogens (tertiary/aromatic N) is 7. The second-order valence-corrected chi connectivity index (χ2v) is 14.7. The fourth-order valence-electron chi connectivity index (χ4n) is 7.98. The summed E-state index contributed by atoms with van der Waals surface area (Å²) >= 11 is 0. The zero-order valence-corrected chi connectivity index (χ0v) is 32.8. The molecule has 6 amide bonds. The van der Waals surface area contributed by atoms with E-state index in [1.165, 1.54) is 4.90 Å². The molecule has 3 aliphatic heterocycles. The minimum Gasteiger partial charge on any atom is -0.377 e. The Balaban J connectivity index is 0.825. The Kier molecular flexibility index (Phi) is 11.0. The molecule has 8 rings (SSSR count). The Hall–Kier alpha value is -6.72. The normalized spacial score (nSPS) is 17.6. The van der Waals surface area contributed by atoms with E-state index in [2.05, 4.69) is 32.2 Å². The molecule has 3 aliphatic rings. The van der Waals surface area contributed by atoms with E-state index in [1.54, 1.807) is 45.9 Å². The molecule has 0 aliphatic carbocycles. The molecule has 0 bridgehead atoms. The molecule has 2 N–H and O–H groups in total. The molecular formula is C42H43N9O8. The Morgan fingerprint density at radius 3 is 2.58 bits per heavy atom. The topological polar surface area (TPSA) is 194 Å². The number of nitrogens with one attached hydrogen (secondary N) is 2. The molecule has 1 saturated heterocycles. The highest BCUT2D eigenvalue weighted by atomic mass is 16.5. The zero-order valence-electron chi connectivity index (χ0n) is 32.8. The number of carbonyl (C=O) groups is 5. The molecular weight excluding hydrogens is 759 g/mol.